The molecule has 8 rings (SSSR count). The summed E-state index contributed by atoms with van der Waals surface area (Å²) < 4.78 is 52.1. The second kappa shape index (κ2) is 14.7. The van der Waals surface area contributed by atoms with Crippen LogP contribution in [-0.4, -0.2) is 54.6 Å². The summed E-state index contributed by atoms with van der Waals surface area (Å²) in [6, 6.07) is 34.9. The van der Waals surface area contributed by atoms with E-state index in [9.17, 15) is 0 Å². The first-order valence-corrected chi connectivity index (χ1v) is 18.7. The lowest BCUT2D eigenvalue weighted by molar-refractivity contribution is 0.350. The summed E-state index contributed by atoms with van der Waals surface area (Å²) in [6.07, 6.45) is 5.12. The maximum absolute atomic E-state index is 16.4. The number of fused-ring (bicyclic) bond motifs is 1. The third-order valence-electron chi connectivity index (χ3n) is 9.05. The van der Waals surface area contributed by atoms with Crippen LogP contribution in [0, 0.1) is 11.6 Å². The fourth-order valence-corrected chi connectivity index (χ4v) is 8.73. The van der Waals surface area contributed by atoms with E-state index in [1.807, 2.05) is 71.1 Å². The van der Waals surface area contributed by atoms with Crippen LogP contribution in [0.1, 0.15) is 16.7 Å². The SMILES string of the molecule is COc1cc(OC)c(F)c(N(CC2=NN(C(c3ccccc3)(c3ccccc3)c3ccccc3)I=N2)c2ccc3ncc(-c4cnn(C)c4)nc3n2)c1F. The van der Waals surface area contributed by atoms with Crippen molar-refractivity contribution in [3.8, 4) is 22.8 Å². The molecule has 0 aliphatic carbocycles. The fourth-order valence-electron chi connectivity index (χ4n) is 6.52. The van der Waals surface area contributed by atoms with Crippen molar-refractivity contribution >= 4 is 49.8 Å². The van der Waals surface area contributed by atoms with Crippen molar-refractivity contribution < 1.29 is 18.3 Å². The summed E-state index contributed by atoms with van der Waals surface area (Å²) in [7, 11) is 4.42. The topological polar surface area (TPSA) is 106 Å². The summed E-state index contributed by atoms with van der Waals surface area (Å²) in [6.45, 7) is -0.150. The molecule has 0 spiro atoms. The molecule has 3 aromatic heterocycles. The Balaban J connectivity index is 1.29. The zero-order valence-corrected chi connectivity index (χ0v) is 31.5. The molecule has 14 heteroatoms. The molecule has 4 heterocycles. The number of hydrogen-bond acceptors (Lipinski definition) is 10. The number of anilines is 2. The Morgan fingerprint density at radius 3 is 1.89 bits per heavy atom. The van der Waals surface area contributed by atoms with E-state index in [-0.39, 0.29) is 29.5 Å². The molecule has 0 N–H and O–H groups in total. The molecule has 7 aromatic rings. The monoisotopic (exact) mass is 835 g/mol. The third-order valence-corrected chi connectivity index (χ3v) is 11.2. The van der Waals surface area contributed by atoms with Gasteiger partial charge in [0, 0.05) is 24.9 Å². The lowest BCUT2D eigenvalue weighted by Gasteiger charge is -2.39. The zero-order chi connectivity index (χ0) is 37.2. The maximum Gasteiger partial charge on any atom is 0.191 e. The molecule has 0 fully saturated rings. The highest BCUT2D eigenvalue weighted by Gasteiger charge is 2.44. The largest absolute Gasteiger partial charge is 0.493 e. The van der Waals surface area contributed by atoms with Gasteiger partial charge in [0.2, 0.25) is 0 Å². The molecule has 0 saturated carbocycles. The van der Waals surface area contributed by atoms with Crippen molar-refractivity contribution in [3.63, 3.8) is 0 Å². The molecular weight excluding hydrogens is 803 g/mol. The predicted molar refractivity (Wildman–Crippen MR) is 211 cm³/mol. The first kappa shape index (κ1) is 34.9. The Morgan fingerprint density at radius 2 is 1.35 bits per heavy atom. The van der Waals surface area contributed by atoms with Crippen LogP contribution >= 0.6 is 21.3 Å². The highest BCUT2D eigenvalue weighted by Crippen LogP contribution is 2.48. The van der Waals surface area contributed by atoms with Gasteiger partial charge in [-0.1, -0.05) is 91.0 Å². The number of methoxy groups -OCH3 is 2. The zero-order valence-electron chi connectivity index (χ0n) is 29.3. The fraction of sp³-hybridized carbons (Fsp3) is 0.125. The van der Waals surface area contributed by atoms with Crippen molar-refractivity contribution in [2.45, 2.75) is 5.54 Å². The predicted octanol–water partition coefficient (Wildman–Crippen LogP) is 8.55. The summed E-state index contributed by atoms with van der Waals surface area (Å²) in [5, 5.41) is 9.40. The number of amidine groups is 1. The van der Waals surface area contributed by atoms with Crippen LogP contribution in [0.25, 0.3) is 22.4 Å². The number of rotatable bonds is 11. The number of pyridine rings is 1. The van der Waals surface area contributed by atoms with Crippen LogP contribution in [-0.2, 0) is 12.6 Å². The van der Waals surface area contributed by atoms with E-state index >= 15 is 8.78 Å². The van der Waals surface area contributed by atoms with Crippen molar-refractivity contribution in [1.29, 1.82) is 0 Å². The van der Waals surface area contributed by atoms with E-state index in [1.165, 1.54) is 25.2 Å². The molecule has 11 nitrogen and oxygen atoms in total. The molecule has 0 bridgehead atoms. The normalized spacial score (nSPS) is 12.8. The van der Waals surface area contributed by atoms with Crippen molar-refractivity contribution in [3.05, 3.63) is 156 Å². The van der Waals surface area contributed by atoms with Gasteiger partial charge in [-0.25, -0.2) is 22.0 Å². The first-order chi connectivity index (χ1) is 26.4. The van der Waals surface area contributed by atoms with Gasteiger partial charge < -0.3 is 14.4 Å². The number of aromatic nitrogens is 5. The molecule has 270 valence electrons. The highest BCUT2D eigenvalue weighted by molar-refractivity contribution is 14.1. The molecular formula is C40H32F2IN9O2. The number of halogens is 3. The van der Waals surface area contributed by atoms with Crippen LogP contribution < -0.4 is 14.4 Å². The van der Waals surface area contributed by atoms with Crippen molar-refractivity contribution in [2.75, 3.05) is 25.7 Å². The van der Waals surface area contributed by atoms with Crippen molar-refractivity contribution in [2.24, 2.45) is 15.3 Å². The third kappa shape index (κ3) is 6.21. The van der Waals surface area contributed by atoms with Gasteiger partial charge in [-0.3, -0.25) is 9.67 Å². The Morgan fingerprint density at radius 1 is 0.759 bits per heavy atom. The van der Waals surface area contributed by atoms with E-state index < -0.39 is 44.2 Å². The minimum Gasteiger partial charge on any atom is -0.493 e. The number of aryl methyl sites for hydroxylation is 1. The molecule has 0 saturated heterocycles. The number of benzene rings is 4. The number of nitrogens with zero attached hydrogens (tertiary/aromatic N) is 9. The summed E-state index contributed by atoms with van der Waals surface area (Å²) in [5.41, 5.74) is 3.73. The highest BCUT2D eigenvalue weighted by atomic mass is 127. The molecule has 0 amide bonds. The molecule has 0 atom stereocenters. The lowest BCUT2D eigenvalue weighted by Crippen LogP contribution is -2.40. The first-order valence-electron chi connectivity index (χ1n) is 16.8. The van der Waals surface area contributed by atoms with Crippen LogP contribution in [0.3, 0.4) is 0 Å². The number of ether oxygens (including phenoxy) is 2. The van der Waals surface area contributed by atoms with Gasteiger partial charge >= 0.3 is 0 Å². The Bertz CT molecular complexity index is 2390. The molecule has 0 unspecified atom stereocenters. The van der Waals surface area contributed by atoms with E-state index in [0.717, 1.165) is 22.3 Å². The average molecular weight is 836 g/mol. The Hall–Kier alpha value is -6.16. The van der Waals surface area contributed by atoms with Gasteiger partial charge in [-0.2, -0.15) is 8.24 Å². The Labute approximate surface area is 320 Å². The summed E-state index contributed by atoms with van der Waals surface area (Å²) in [5.74, 6) is -1.75. The maximum atomic E-state index is 16.4. The van der Waals surface area contributed by atoms with E-state index in [4.69, 9.17) is 27.7 Å². The second-order valence-corrected chi connectivity index (χ2v) is 14.1. The van der Waals surface area contributed by atoms with Gasteiger partial charge in [0.15, 0.2) is 34.6 Å². The Kier molecular flexibility index (Phi) is 9.50. The standard InChI is InChI=1S/C40H32F2IN9O2/c1-50-24-26(22-45-50)31-23-44-30-19-20-35(47-39(30)46-31)51(38-36(41)32(53-2)21-33(54-3)37(38)42)25-34-48-43-52(49-34)40(27-13-7-4-8-14-27,28-15-9-5-10-16-28)29-17-11-6-12-18-29/h4-24H,25H2,1-3H3. The quantitative estimate of drug-likeness (QED) is 0.0726. The van der Waals surface area contributed by atoms with Gasteiger partial charge in [-0.15, -0.1) is 5.10 Å². The van der Waals surface area contributed by atoms with E-state index in [0.29, 0.717) is 17.0 Å². The van der Waals surface area contributed by atoms with Gasteiger partial charge in [-0.05, 0) is 28.8 Å². The minimum atomic E-state index is -1.16. The summed E-state index contributed by atoms with van der Waals surface area (Å²) in [4.78, 5) is 15.5. The van der Waals surface area contributed by atoms with Gasteiger partial charge in [0.25, 0.3) is 0 Å². The number of hydrogen-bond donors (Lipinski definition) is 0. The molecule has 1 aliphatic rings. The average Bonchev–Trinajstić information content (AvgIpc) is 3.88. The summed E-state index contributed by atoms with van der Waals surface area (Å²) >= 11 is -1.16. The smallest absolute Gasteiger partial charge is 0.191 e. The van der Waals surface area contributed by atoms with Gasteiger partial charge in [0.1, 0.15) is 43.9 Å². The van der Waals surface area contributed by atoms with Crippen LogP contribution in [0.2, 0.25) is 0 Å². The molecule has 4 aromatic carbocycles. The second-order valence-electron chi connectivity index (χ2n) is 12.3. The number of hydrazone groups is 1. The molecule has 0 radical (unpaired) electrons. The van der Waals surface area contributed by atoms with E-state index in [2.05, 4.69) is 46.5 Å². The minimum absolute atomic E-state index is 0.150. The van der Waals surface area contributed by atoms with Crippen LogP contribution in [0.15, 0.2) is 136 Å². The molecule has 1 aliphatic heterocycles. The van der Waals surface area contributed by atoms with E-state index in [1.54, 1.807) is 29.2 Å². The van der Waals surface area contributed by atoms with Crippen LogP contribution in [0.4, 0.5) is 20.3 Å². The van der Waals surface area contributed by atoms with Crippen LogP contribution in [0.5, 0.6) is 11.5 Å². The van der Waals surface area contributed by atoms with Gasteiger partial charge in [0.05, 0.1) is 38.9 Å². The molecule has 54 heavy (non-hydrogen) atoms. The van der Waals surface area contributed by atoms with Crippen molar-refractivity contribution in [1.82, 2.24) is 28.0 Å². The lowest BCUT2D eigenvalue weighted by atomic mass is 9.77.